The predicted octanol–water partition coefficient (Wildman–Crippen LogP) is -8.64. The van der Waals surface area contributed by atoms with E-state index in [0.29, 0.717) is 0 Å². The molecular weight excluding hydrogens is 392 g/mol. The Morgan fingerprint density at radius 1 is 0.440 bits per heavy atom. The Bertz CT molecular complexity index is 387. The average Bonchev–Trinajstić information content (AvgIpc) is 2.45. The number of hydrogen-bond donors (Lipinski definition) is 0. The van der Waals surface area contributed by atoms with Crippen LogP contribution in [0.4, 0.5) is 0 Å². The van der Waals surface area contributed by atoms with Crippen molar-refractivity contribution in [3.8, 4) is 0 Å². The second-order valence-electron chi connectivity index (χ2n) is 4.08. The molecule has 0 aromatic carbocycles. The summed E-state index contributed by atoms with van der Waals surface area (Å²) in [6, 6.07) is 0. The Balaban J connectivity index is -0.000000130. The van der Waals surface area contributed by atoms with E-state index in [2.05, 4.69) is 0 Å². The van der Waals surface area contributed by atoms with Crippen LogP contribution in [-0.4, -0.2) is 35.8 Å². The molecule has 0 radical (unpaired) electrons. The van der Waals surface area contributed by atoms with E-state index in [1.165, 1.54) is 0 Å². The number of carboxylic acids is 6. The number of hydrogen-bond acceptors (Lipinski definition) is 12. The molecule has 0 aliphatic carbocycles. The molecule has 0 aromatic rings. The Hall–Kier alpha value is -2.66. The van der Waals surface area contributed by atoms with Gasteiger partial charge in [-0.3, -0.25) is 0 Å². The molecule has 0 saturated carbocycles. The molecule has 0 N–H and O–H groups in total. The molecule has 0 spiro atoms. The van der Waals surface area contributed by atoms with Gasteiger partial charge in [0.2, 0.25) is 0 Å². The molecule has 0 bridgehead atoms. The normalized spacial score (nSPS) is 8.88. The topological polar surface area (TPSA) is 241 Å². The van der Waals surface area contributed by atoms with E-state index in [9.17, 15) is 59.4 Å². The summed E-state index contributed by atoms with van der Waals surface area (Å²) in [4.78, 5) is 57.7. The van der Waals surface area contributed by atoms with Crippen molar-refractivity contribution in [2.24, 2.45) is 17.8 Å². The Morgan fingerprint density at radius 2 is 0.520 bits per heavy atom. The molecule has 0 atom stereocenters. The van der Waals surface area contributed by atoms with E-state index in [1.54, 1.807) is 0 Å². The first-order valence-corrected chi connectivity index (χ1v) is 5.91. The van der Waals surface area contributed by atoms with Gasteiger partial charge in [0.25, 0.3) is 0 Å². The summed E-state index contributed by atoms with van der Waals surface area (Å²) >= 11 is 0. The van der Waals surface area contributed by atoms with Crippen molar-refractivity contribution in [3.63, 3.8) is 0 Å². The van der Waals surface area contributed by atoms with E-state index >= 15 is 0 Å². The molecule has 0 rings (SSSR count). The second-order valence-corrected chi connectivity index (χ2v) is 4.08. The maximum atomic E-state index is 9.61. The van der Waals surface area contributed by atoms with Crippen LogP contribution < -0.4 is 30.6 Å². The average molecular weight is 404 g/mol. The first-order valence-electron chi connectivity index (χ1n) is 5.91. The van der Waals surface area contributed by atoms with Crippen molar-refractivity contribution in [1.29, 1.82) is 0 Å². The molecule has 140 valence electrons. The van der Waals surface area contributed by atoms with Gasteiger partial charge < -0.3 is 59.4 Å². The van der Waals surface area contributed by atoms with Gasteiger partial charge in [0.05, 0.1) is 0 Å². The summed E-state index contributed by atoms with van der Waals surface area (Å²) in [5.74, 6) is -14.3. The van der Waals surface area contributed by atoms with Crippen LogP contribution in [0.5, 0.6) is 0 Å². The van der Waals surface area contributed by atoms with Crippen LogP contribution in [0.2, 0.25) is 0 Å². The zero-order chi connectivity index (χ0) is 20.2. The number of carbonyl (C=O) groups excluding carboxylic acids is 6. The van der Waals surface area contributed by atoms with Gasteiger partial charge in [-0.2, -0.15) is 0 Å². The maximum Gasteiger partial charge on any atom is 6.00 e. The van der Waals surface area contributed by atoms with Gasteiger partial charge in [-0.05, 0) is 0 Å². The molecular formula is C12H12FeO12. The van der Waals surface area contributed by atoms with E-state index in [4.69, 9.17) is 0 Å². The molecule has 0 aliphatic rings. The predicted molar refractivity (Wildman–Crippen MR) is 57.5 cm³/mol. The number of carbonyl (C=O) groups is 6. The van der Waals surface area contributed by atoms with Crippen LogP contribution in [0.3, 0.4) is 0 Å². The molecule has 25 heavy (non-hydrogen) atoms. The van der Waals surface area contributed by atoms with Gasteiger partial charge in [-0.1, -0.05) is 20.8 Å². The zero-order valence-corrected chi connectivity index (χ0v) is 14.1. The Morgan fingerprint density at radius 3 is 0.520 bits per heavy atom. The van der Waals surface area contributed by atoms with Gasteiger partial charge in [0, 0.05) is 53.6 Å². The van der Waals surface area contributed by atoms with Crippen LogP contribution in [-0.2, 0) is 45.8 Å². The van der Waals surface area contributed by atoms with Gasteiger partial charge in [-0.25, -0.2) is 0 Å². The third kappa shape index (κ3) is 17.5. The quantitative estimate of drug-likeness (QED) is 0.296. The van der Waals surface area contributed by atoms with E-state index in [0.717, 1.165) is 20.8 Å². The van der Waals surface area contributed by atoms with Crippen molar-refractivity contribution < 1.29 is 76.5 Å². The smallest absolute Gasteiger partial charge is 0.549 e. The molecule has 0 fully saturated rings. The van der Waals surface area contributed by atoms with Crippen LogP contribution in [0.1, 0.15) is 20.8 Å². The molecule has 0 amide bonds. The fourth-order valence-corrected chi connectivity index (χ4v) is 0.289. The third-order valence-electron chi connectivity index (χ3n) is 2.12. The summed E-state index contributed by atoms with van der Waals surface area (Å²) in [6.45, 7) is 2.97. The van der Waals surface area contributed by atoms with Crippen molar-refractivity contribution >= 4 is 35.8 Å². The minimum atomic E-state index is -1.62. The molecule has 0 aliphatic heterocycles. The zero-order valence-electron chi connectivity index (χ0n) is 13.0. The molecule has 12 nitrogen and oxygen atoms in total. The SMILES string of the molecule is CC(C(=O)[O-])C(=O)[O-].CC(C(=O)[O-])C(=O)[O-].CC(C(=O)[O-])C(=O)[O-].[Fe+6]. The van der Waals surface area contributed by atoms with Gasteiger partial charge in [0.1, 0.15) is 0 Å². The van der Waals surface area contributed by atoms with Crippen molar-refractivity contribution in [2.75, 3.05) is 0 Å². The van der Waals surface area contributed by atoms with Gasteiger partial charge >= 0.3 is 17.1 Å². The van der Waals surface area contributed by atoms with Gasteiger partial charge in [-0.15, -0.1) is 0 Å². The van der Waals surface area contributed by atoms with Crippen LogP contribution >= 0.6 is 0 Å². The van der Waals surface area contributed by atoms with E-state index < -0.39 is 53.6 Å². The Labute approximate surface area is 151 Å². The number of rotatable bonds is 6. The first kappa shape index (κ1) is 30.2. The molecule has 0 saturated heterocycles. The largest absolute Gasteiger partial charge is 6.00 e. The summed E-state index contributed by atoms with van der Waals surface area (Å²) in [6.07, 6.45) is 0. The maximum absolute atomic E-state index is 9.61. The number of aliphatic carboxylic acids is 6. The molecule has 0 unspecified atom stereocenters. The molecule has 0 aromatic heterocycles. The minimum absolute atomic E-state index is 0. The third-order valence-corrected chi connectivity index (χ3v) is 2.12. The Kier molecular flexibility index (Phi) is 18.0. The van der Waals surface area contributed by atoms with Crippen molar-refractivity contribution in [3.05, 3.63) is 0 Å². The first-order chi connectivity index (χ1) is 10.7. The van der Waals surface area contributed by atoms with Gasteiger partial charge in [0.15, 0.2) is 0 Å². The standard InChI is InChI=1S/3C4H6O4.Fe/c3*1-2(3(5)6)4(7)8;/h3*2H,1H3,(H,5,6)(H,7,8);/q;;;+6/p-6. The summed E-state index contributed by atoms with van der Waals surface area (Å²) in [7, 11) is 0. The summed E-state index contributed by atoms with van der Waals surface area (Å²) < 4.78 is 0. The monoisotopic (exact) mass is 404 g/mol. The number of carboxylic acid groups (broad SMARTS) is 6. The second kappa shape index (κ2) is 14.9. The summed E-state index contributed by atoms with van der Waals surface area (Å²) in [5.41, 5.74) is 0. The van der Waals surface area contributed by atoms with Crippen molar-refractivity contribution in [2.45, 2.75) is 20.8 Å². The fourth-order valence-electron chi connectivity index (χ4n) is 0.289. The van der Waals surface area contributed by atoms with Crippen LogP contribution in [0, 0.1) is 17.8 Å². The molecule has 13 heteroatoms. The fraction of sp³-hybridized carbons (Fsp3) is 0.500. The van der Waals surface area contributed by atoms with E-state index in [1.807, 2.05) is 0 Å². The molecule has 0 heterocycles. The summed E-state index contributed by atoms with van der Waals surface area (Å²) in [5, 5.41) is 57.7. The van der Waals surface area contributed by atoms with E-state index in [-0.39, 0.29) is 17.1 Å². The van der Waals surface area contributed by atoms with Crippen molar-refractivity contribution in [1.82, 2.24) is 0 Å². The minimum Gasteiger partial charge on any atom is -0.549 e. The van der Waals surface area contributed by atoms with Crippen LogP contribution in [0.25, 0.3) is 0 Å². The van der Waals surface area contributed by atoms with Crippen LogP contribution in [0.15, 0.2) is 0 Å².